The Kier molecular flexibility index (Phi) is 4.55. The largest absolute Gasteiger partial charge is 0.431 e. The van der Waals surface area contributed by atoms with E-state index in [1.165, 1.54) is 6.26 Å². The minimum absolute atomic E-state index is 0.0574. The molecule has 26 heavy (non-hydrogen) atoms. The maximum absolute atomic E-state index is 12.6. The van der Waals surface area contributed by atoms with Crippen molar-refractivity contribution in [2.75, 3.05) is 36.4 Å². The number of anilines is 2. The summed E-state index contributed by atoms with van der Waals surface area (Å²) in [6.07, 6.45) is 3.10. The van der Waals surface area contributed by atoms with Gasteiger partial charge in [-0.2, -0.15) is 4.98 Å². The van der Waals surface area contributed by atoms with Crippen LogP contribution in [0.4, 0.5) is 11.7 Å². The molecule has 8 heteroatoms. The third kappa shape index (κ3) is 3.67. The molecule has 1 aliphatic carbocycles. The molecule has 2 aliphatic rings. The fraction of sp³-hybridized carbons (Fsp3) is 0.389. The number of nitrogens with zero attached hydrogens (tertiary/aromatic N) is 3. The number of halogens is 1. The lowest BCUT2D eigenvalue weighted by Crippen LogP contribution is -2.48. The fourth-order valence-electron chi connectivity index (χ4n) is 2.96. The van der Waals surface area contributed by atoms with Crippen LogP contribution in [0, 0.1) is 5.92 Å². The van der Waals surface area contributed by atoms with Crippen LogP contribution in [-0.2, 0) is 4.79 Å². The zero-order chi connectivity index (χ0) is 18.1. The third-order valence-electron chi connectivity index (χ3n) is 4.66. The quantitative estimate of drug-likeness (QED) is 0.890. The number of benzene rings is 1. The lowest BCUT2D eigenvalue weighted by Gasteiger charge is -2.35. The Hall–Kier alpha value is -2.54. The van der Waals surface area contributed by atoms with Crippen molar-refractivity contribution in [2.45, 2.75) is 12.8 Å². The van der Waals surface area contributed by atoms with Crippen LogP contribution in [0.3, 0.4) is 0 Å². The molecule has 0 spiro atoms. The van der Waals surface area contributed by atoms with Crippen molar-refractivity contribution < 1.29 is 14.0 Å². The van der Waals surface area contributed by atoms with Crippen LogP contribution in [0.15, 0.2) is 34.9 Å². The summed E-state index contributed by atoms with van der Waals surface area (Å²) in [6.45, 7) is 2.66. The molecule has 1 saturated carbocycles. The number of carbonyl (C=O) groups excluding carboxylic acids is 2. The lowest BCUT2D eigenvalue weighted by molar-refractivity contribution is -0.117. The second-order valence-electron chi connectivity index (χ2n) is 6.56. The first-order chi connectivity index (χ1) is 12.6. The molecule has 1 saturated heterocycles. The predicted octanol–water partition coefficient (Wildman–Crippen LogP) is 2.64. The normalized spacial score (nSPS) is 17.3. The van der Waals surface area contributed by atoms with Crippen LogP contribution in [0.5, 0.6) is 0 Å². The van der Waals surface area contributed by atoms with Crippen molar-refractivity contribution in [2.24, 2.45) is 5.92 Å². The van der Waals surface area contributed by atoms with Gasteiger partial charge < -0.3 is 14.2 Å². The number of nitrogens with one attached hydrogen (secondary N) is 1. The van der Waals surface area contributed by atoms with Crippen molar-refractivity contribution in [3.63, 3.8) is 0 Å². The van der Waals surface area contributed by atoms with E-state index in [4.69, 9.17) is 16.0 Å². The highest BCUT2D eigenvalue weighted by Gasteiger charge is 2.31. The maximum atomic E-state index is 12.6. The van der Waals surface area contributed by atoms with Gasteiger partial charge in [0.2, 0.25) is 5.91 Å². The molecular weight excluding hydrogens is 356 g/mol. The molecule has 1 aromatic heterocycles. The predicted molar refractivity (Wildman–Crippen MR) is 97.4 cm³/mol. The van der Waals surface area contributed by atoms with Crippen LogP contribution < -0.4 is 10.2 Å². The number of hydrogen-bond donors (Lipinski definition) is 1. The molecule has 2 aromatic rings. The summed E-state index contributed by atoms with van der Waals surface area (Å²) in [7, 11) is 0. The van der Waals surface area contributed by atoms with Crippen molar-refractivity contribution in [3.05, 3.63) is 41.2 Å². The van der Waals surface area contributed by atoms with Gasteiger partial charge >= 0.3 is 6.01 Å². The molecule has 0 unspecified atom stereocenters. The third-order valence-corrected chi connectivity index (χ3v) is 4.91. The smallest absolute Gasteiger partial charge is 0.302 e. The maximum Gasteiger partial charge on any atom is 0.302 e. The van der Waals surface area contributed by atoms with E-state index in [1.54, 1.807) is 4.90 Å². The molecule has 0 radical (unpaired) electrons. The van der Waals surface area contributed by atoms with Gasteiger partial charge in [0.05, 0.1) is 0 Å². The number of piperazine rings is 1. The molecule has 0 bridgehead atoms. The van der Waals surface area contributed by atoms with Crippen molar-refractivity contribution in [1.82, 2.24) is 9.88 Å². The summed E-state index contributed by atoms with van der Waals surface area (Å²) in [5.74, 6) is -0.221. The van der Waals surface area contributed by atoms with Crippen molar-refractivity contribution in [3.8, 4) is 0 Å². The molecule has 4 rings (SSSR count). The molecule has 2 amide bonds. The van der Waals surface area contributed by atoms with Crippen LogP contribution in [-0.4, -0.2) is 47.9 Å². The van der Waals surface area contributed by atoms with E-state index in [2.05, 4.69) is 15.2 Å². The van der Waals surface area contributed by atoms with E-state index in [0.29, 0.717) is 18.1 Å². The summed E-state index contributed by atoms with van der Waals surface area (Å²) < 4.78 is 5.21. The van der Waals surface area contributed by atoms with Crippen LogP contribution in [0.25, 0.3) is 0 Å². The molecule has 1 aromatic carbocycles. The van der Waals surface area contributed by atoms with Crippen molar-refractivity contribution >= 4 is 35.1 Å². The Morgan fingerprint density at radius 1 is 1.12 bits per heavy atom. The second-order valence-corrected chi connectivity index (χ2v) is 6.99. The van der Waals surface area contributed by atoms with Gasteiger partial charge in [0.25, 0.3) is 5.91 Å². The molecule has 2 fully saturated rings. The summed E-state index contributed by atoms with van der Waals surface area (Å²) in [5.41, 5.74) is 1.31. The molecule has 1 aliphatic heterocycles. The summed E-state index contributed by atoms with van der Waals surface area (Å²) >= 11 is 5.92. The first kappa shape index (κ1) is 16.9. The standard InChI is InChI=1S/C18H19ClN4O3/c19-13-3-5-14(6-4-13)22-7-9-23(10-8-22)17(25)15-11-26-18(20-15)21-16(24)12-1-2-12/h3-6,11-12H,1-2,7-10H2,(H,20,21,24). The van der Waals surface area contributed by atoms with Gasteiger partial charge in [-0.05, 0) is 37.1 Å². The van der Waals surface area contributed by atoms with Gasteiger partial charge in [-0.25, -0.2) is 0 Å². The first-order valence-electron chi connectivity index (χ1n) is 8.66. The van der Waals surface area contributed by atoms with Gasteiger partial charge in [-0.1, -0.05) is 11.6 Å². The zero-order valence-electron chi connectivity index (χ0n) is 14.2. The summed E-state index contributed by atoms with van der Waals surface area (Å²) in [4.78, 5) is 32.4. The number of oxazole rings is 1. The van der Waals surface area contributed by atoms with Gasteiger partial charge in [0, 0.05) is 42.8 Å². The SMILES string of the molecule is O=C(Nc1nc(C(=O)N2CCN(c3ccc(Cl)cc3)CC2)co1)C1CC1. The fourth-order valence-corrected chi connectivity index (χ4v) is 3.09. The van der Waals surface area contributed by atoms with Crippen LogP contribution in [0.1, 0.15) is 23.3 Å². The lowest BCUT2D eigenvalue weighted by atomic mass is 10.2. The Morgan fingerprint density at radius 2 is 1.81 bits per heavy atom. The Labute approximate surface area is 155 Å². The number of amides is 2. The average Bonchev–Trinajstić information content (AvgIpc) is 3.42. The number of aromatic nitrogens is 1. The van der Waals surface area contributed by atoms with Crippen molar-refractivity contribution in [1.29, 1.82) is 0 Å². The average molecular weight is 375 g/mol. The van der Waals surface area contributed by atoms with E-state index in [-0.39, 0.29) is 29.4 Å². The van der Waals surface area contributed by atoms with Crippen LogP contribution in [0.2, 0.25) is 5.02 Å². The first-order valence-corrected chi connectivity index (χ1v) is 9.04. The van der Waals surface area contributed by atoms with E-state index >= 15 is 0 Å². The number of rotatable bonds is 4. The summed E-state index contributed by atoms with van der Waals surface area (Å²) in [5, 5.41) is 3.32. The van der Waals surface area contributed by atoms with Gasteiger partial charge in [0.15, 0.2) is 5.69 Å². The highest BCUT2D eigenvalue weighted by molar-refractivity contribution is 6.30. The Balaban J connectivity index is 1.33. The second kappa shape index (κ2) is 6.99. The highest BCUT2D eigenvalue weighted by atomic mass is 35.5. The number of carbonyl (C=O) groups is 2. The Bertz CT molecular complexity index is 808. The minimum Gasteiger partial charge on any atom is -0.431 e. The highest BCUT2D eigenvalue weighted by Crippen LogP contribution is 2.30. The molecule has 2 heterocycles. The Morgan fingerprint density at radius 3 is 2.46 bits per heavy atom. The topological polar surface area (TPSA) is 78.7 Å². The van der Waals surface area contributed by atoms with E-state index < -0.39 is 0 Å². The molecule has 0 atom stereocenters. The summed E-state index contributed by atoms with van der Waals surface area (Å²) in [6, 6.07) is 7.77. The number of hydrogen-bond acceptors (Lipinski definition) is 5. The molecule has 7 nitrogen and oxygen atoms in total. The monoisotopic (exact) mass is 374 g/mol. The van der Waals surface area contributed by atoms with E-state index in [1.807, 2.05) is 24.3 Å². The molecular formula is C18H19ClN4O3. The molecule has 1 N–H and O–H groups in total. The van der Waals surface area contributed by atoms with Gasteiger partial charge in [-0.3, -0.25) is 14.9 Å². The van der Waals surface area contributed by atoms with Gasteiger partial charge in [0.1, 0.15) is 6.26 Å². The molecule has 136 valence electrons. The zero-order valence-corrected chi connectivity index (χ0v) is 14.9. The van der Waals surface area contributed by atoms with E-state index in [9.17, 15) is 9.59 Å². The van der Waals surface area contributed by atoms with Crippen LogP contribution >= 0.6 is 11.6 Å². The minimum atomic E-state index is -0.184. The van der Waals surface area contributed by atoms with Gasteiger partial charge in [-0.15, -0.1) is 0 Å². The van der Waals surface area contributed by atoms with E-state index in [0.717, 1.165) is 31.6 Å².